The predicted molar refractivity (Wildman–Crippen MR) is 131 cm³/mol. The number of aromatic hydroxyl groups is 1. The van der Waals surface area contributed by atoms with Crippen LogP contribution in [0.25, 0.3) is 10.9 Å². The van der Waals surface area contributed by atoms with Gasteiger partial charge in [0.1, 0.15) is 5.75 Å². The van der Waals surface area contributed by atoms with E-state index in [-0.39, 0.29) is 11.0 Å². The molecule has 0 fully saturated rings. The van der Waals surface area contributed by atoms with Crippen molar-refractivity contribution in [2.45, 2.75) is 6.54 Å². The summed E-state index contributed by atoms with van der Waals surface area (Å²) in [6, 6.07) is 23.0. The van der Waals surface area contributed by atoms with E-state index in [1.165, 1.54) is 0 Å². The van der Waals surface area contributed by atoms with E-state index in [2.05, 4.69) is 31.5 Å². The van der Waals surface area contributed by atoms with Gasteiger partial charge in [-0.15, -0.1) is 10.2 Å². The monoisotopic (exact) mass is 494 g/mol. The molecule has 0 spiro atoms. The summed E-state index contributed by atoms with van der Waals surface area (Å²) in [4.78, 5) is 0. The highest BCUT2D eigenvalue weighted by Gasteiger charge is 2.17. The number of ether oxygens (including phenoxy) is 1. The third kappa shape index (κ3) is 4.76. The third-order valence-corrected chi connectivity index (χ3v) is 5.41. The number of halogens is 1. The Kier molecular flexibility index (Phi) is 6.29. The van der Waals surface area contributed by atoms with Gasteiger partial charge < -0.3 is 19.7 Å². The first-order valence-corrected chi connectivity index (χ1v) is 10.7. The van der Waals surface area contributed by atoms with Crippen molar-refractivity contribution < 1.29 is 9.84 Å². The number of nitrogens with zero attached hydrogens (tertiary/aromatic N) is 3. The zero-order valence-electron chi connectivity index (χ0n) is 16.6. The molecule has 0 saturated heterocycles. The first kappa shape index (κ1) is 21.0. The van der Waals surface area contributed by atoms with Crippen LogP contribution in [-0.2, 0) is 6.54 Å². The smallest absolute Gasteiger partial charge is 0.221 e. The van der Waals surface area contributed by atoms with E-state index < -0.39 is 0 Å². The quantitative estimate of drug-likeness (QED) is 0.240. The highest BCUT2D eigenvalue weighted by atomic mass is 79.9. The number of aromatic nitrogens is 1. The Morgan fingerprint density at radius 1 is 1.10 bits per heavy atom. The molecular weight excluding hydrogens is 476 g/mol. The number of azo groups is 1. The molecule has 8 heteroatoms. The van der Waals surface area contributed by atoms with Crippen molar-refractivity contribution in [3.63, 3.8) is 0 Å². The number of hydrogen-bond acceptors (Lipinski definition) is 4. The number of hydrogen-bond donors (Lipinski definition) is 2. The molecule has 1 heterocycles. The van der Waals surface area contributed by atoms with Gasteiger partial charge in [0.05, 0.1) is 19.2 Å². The van der Waals surface area contributed by atoms with Crippen molar-refractivity contribution in [3.8, 4) is 11.6 Å². The van der Waals surface area contributed by atoms with Crippen LogP contribution >= 0.6 is 28.1 Å². The van der Waals surface area contributed by atoms with Gasteiger partial charge in [-0.1, -0.05) is 46.3 Å². The first-order valence-electron chi connectivity index (χ1n) is 9.46. The van der Waals surface area contributed by atoms with Crippen LogP contribution in [0.3, 0.4) is 0 Å². The normalized spacial score (nSPS) is 11.2. The number of benzene rings is 3. The third-order valence-electron chi connectivity index (χ3n) is 4.74. The molecule has 0 radical (unpaired) electrons. The summed E-state index contributed by atoms with van der Waals surface area (Å²) in [5.74, 6) is 0.785. The van der Waals surface area contributed by atoms with Crippen molar-refractivity contribution in [1.29, 1.82) is 0 Å². The Balaban J connectivity index is 1.63. The summed E-state index contributed by atoms with van der Waals surface area (Å²) in [5.41, 5.74) is 3.06. The zero-order valence-corrected chi connectivity index (χ0v) is 19.0. The topological polar surface area (TPSA) is 71.1 Å². The molecule has 4 rings (SSSR count). The Labute approximate surface area is 193 Å². The molecule has 31 heavy (non-hydrogen) atoms. The van der Waals surface area contributed by atoms with Crippen LogP contribution in [0, 0.1) is 0 Å². The molecule has 156 valence electrons. The number of rotatable bonds is 5. The van der Waals surface area contributed by atoms with Crippen molar-refractivity contribution >= 4 is 55.5 Å². The van der Waals surface area contributed by atoms with E-state index in [0.717, 1.165) is 32.4 Å². The maximum atomic E-state index is 10.9. The number of fused-ring (bicyclic) bond motifs is 1. The Hall–Kier alpha value is -3.23. The van der Waals surface area contributed by atoms with E-state index in [1.807, 2.05) is 77.4 Å². The molecule has 0 atom stereocenters. The summed E-state index contributed by atoms with van der Waals surface area (Å²) >= 11 is 8.79. The molecule has 0 unspecified atom stereocenters. The average molecular weight is 495 g/mol. The van der Waals surface area contributed by atoms with Crippen LogP contribution in [0.2, 0.25) is 0 Å². The fraction of sp³-hybridized carbons (Fsp3) is 0.0870. The summed E-state index contributed by atoms with van der Waals surface area (Å²) in [6.45, 7) is 0.509. The van der Waals surface area contributed by atoms with Crippen LogP contribution in [0.15, 0.2) is 87.5 Å². The summed E-state index contributed by atoms with van der Waals surface area (Å²) < 4.78 is 7.84. The van der Waals surface area contributed by atoms with Gasteiger partial charge in [-0.05, 0) is 60.2 Å². The predicted octanol–water partition coefficient (Wildman–Crippen LogP) is 6.65. The molecule has 6 nitrogen and oxygen atoms in total. The lowest BCUT2D eigenvalue weighted by atomic mass is 10.2. The van der Waals surface area contributed by atoms with E-state index in [1.54, 1.807) is 7.11 Å². The molecule has 2 N–H and O–H groups in total. The molecule has 4 aromatic rings. The van der Waals surface area contributed by atoms with Gasteiger partial charge in [0.15, 0.2) is 5.69 Å². The van der Waals surface area contributed by atoms with E-state index in [4.69, 9.17) is 17.0 Å². The van der Waals surface area contributed by atoms with E-state index in [0.29, 0.717) is 12.2 Å². The lowest BCUT2D eigenvalue weighted by Crippen LogP contribution is -2.04. The van der Waals surface area contributed by atoms with Crippen LogP contribution in [0.4, 0.5) is 11.4 Å². The van der Waals surface area contributed by atoms with Crippen LogP contribution in [-0.4, -0.2) is 21.9 Å². The van der Waals surface area contributed by atoms with Gasteiger partial charge in [0, 0.05) is 15.5 Å². The van der Waals surface area contributed by atoms with E-state index in [9.17, 15) is 5.11 Å². The van der Waals surface area contributed by atoms with Gasteiger partial charge in [-0.25, -0.2) is 0 Å². The standard InChI is InChI=1S/C23H19BrN4O2S/c1-30-18-10-8-17(9-11-18)25-23(31)27-26-21-19-13-16(24)7-12-20(19)28(22(21)29)14-15-5-3-2-4-6-15/h2-13,29H,14H2,1H3,(H,25,31). The van der Waals surface area contributed by atoms with Crippen molar-refractivity contribution in [3.05, 3.63) is 82.8 Å². The summed E-state index contributed by atoms with van der Waals surface area (Å²) in [6.07, 6.45) is 0. The summed E-state index contributed by atoms with van der Waals surface area (Å²) in [7, 11) is 1.61. The van der Waals surface area contributed by atoms with Gasteiger partial charge in [0.2, 0.25) is 11.0 Å². The van der Waals surface area contributed by atoms with Crippen molar-refractivity contribution in [2.24, 2.45) is 10.2 Å². The van der Waals surface area contributed by atoms with Gasteiger partial charge in [-0.2, -0.15) is 0 Å². The van der Waals surface area contributed by atoms with Crippen molar-refractivity contribution in [1.82, 2.24) is 4.57 Å². The SMILES string of the molecule is COc1ccc(NC(=S)N=Nc2c(O)n(Cc3ccccc3)c3ccc(Br)cc23)cc1. The average Bonchev–Trinajstić information content (AvgIpc) is 3.03. The minimum atomic E-state index is 0.0351. The molecule has 0 bridgehead atoms. The van der Waals surface area contributed by atoms with Gasteiger partial charge in [0.25, 0.3) is 0 Å². The van der Waals surface area contributed by atoms with Gasteiger partial charge >= 0.3 is 0 Å². The summed E-state index contributed by atoms with van der Waals surface area (Å²) in [5, 5.41) is 23.3. The Morgan fingerprint density at radius 3 is 2.55 bits per heavy atom. The largest absolute Gasteiger partial charge is 0.497 e. The molecule has 0 amide bonds. The second-order valence-corrected chi connectivity index (χ2v) is 8.07. The zero-order chi connectivity index (χ0) is 21.8. The number of methoxy groups -OCH3 is 1. The van der Waals surface area contributed by atoms with Crippen LogP contribution < -0.4 is 10.1 Å². The molecule has 0 aliphatic heterocycles. The fourth-order valence-corrected chi connectivity index (χ4v) is 3.76. The molecular formula is C23H19BrN4O2S. The minimum Gasteiger partial charge on any atom is -0.497 e. The molecule has 0 aliphatic rings. The second-order valence-electron chi connectivity index (χ2n) is 6.76. The number of thiocarbonyl (C=S) groups is 1. The van der Waals surface area contributed by atoms with Gasteiger partial charge in [-0.3, -0.25) is 0 Å². The fourth-order valence-electron chi connectivity index (χ4n) is 3.24. The minimum absolute atomic E-state index is 0.0351. The van der Waals surface area contributed by atoms with Crippen LogP contribution in [0.1, 0.15) is 5.56 Å². The van der Waals surface area contributed by atoms with Crippen molar-refractivity contribution in [2.75, 3.05) is 12.4 Å². The van der Waals surface area contributed by atoms with E-state index >= 15 is 0 Å². The maximum Gasteiger partial charge on any atom is 0.221 e. The Bertz CT molecular complexity index is 1250. The lowest BCUT2D eigenvalue weighted by Gasteiger charge is -2.07. The van der Waals surface area contributed by atoms with Crippen LogP contribution in [0.5, 0.6) is 11.6 Å². The molecule has 0 aliphatic carbocycles. The Morgan fingerprint density at radius 2 is 1.84 bits per heavy atom. The molecule has 3 aromatic carbocycles. The highest BCUT2D eigenvalue weighted by molar-refractivity contribution is 9.10. The maximum absolute atomic E-state index is 10.9. The first-order chi connectivity index (χ1) is 15.0. The molecule has 0 saturated carbocycles. The second kappa shape index (κ2) is 9.28. The lowest BCUT2D eigenvalue weighted by molar-refractivity contribution is 0.415. The number of anilines is 1. The highest BCUT2D eigenvalue weighted by Crippen LogP contribution is 2.40. The molecule has 1 aromatic heterocycles. The number of nitrogens with one attached hydrogen (secondary N) is 1.